The summed E-state index contributed by atoms with van der Waals surface area (Å²) in [5.41, 5.74) is 3.27. The van der Waals surface area contributed by atoms with Crippen molar-refractivity contribution >= 4 is 5.91 Å². The average Bonchev–Trinajstić information content (AvgIpc) is 3.27. The second-order valence-corrected chi connectivity index (χ2v) is 8.77. The molecule has 0 saturated carbocycles. The largest absolute Gasteiger partial charge is 0.421 e. The van der Waals surface area contributed by atoms with Crippen molar-refractivity contribution in [2.45, 2.75) is 58.4 Å². The quantitative estimate of drug-likeness (QED) is 0.533. The number of aryl methyl sites for hydroxylation is 1. The van der Waals surface area contributed by atoms with Crippen LogP contribution in [0.4, 0.5) is 0 Å². The summed E-state index contributed by atoms with van der Waals surface area (Å²) in [4.78, 5) is 14.7. The molecule has 0 bridgehead atoms. The molecule has 0 radical (unpaired) electrons. The Kier molecular flexibility index (Phi) is 7.86. The summed E-state index contributed by atoms with van der Waals surface area (Å²) in [6.07, 6.45) is 2.22. The van der Waals surface area contributed by atoms with Crippen molar-refractivity contribution < 1.29 is 13.9 Å². The minimum atomic E-state index is 0.0261. The minimum Gasteiger partial charge on any atom is -0.421 e. The van der Waals surface area contributed by atoms with Crippen LogP contribution in [-0.2, 0) is 29.0 Å². The topological polar surface area (TPSA) is 80.5 Å². The molecule has 33 heavy (non-hydrogen) atoms. The third-order valence-electron chi connectivity index (χ3n) is 5.70. The van der Waals surface area contributed by atoms with E-state index in [-0.39, 0.29) is 18.1 Å². The van der Waals surface area contributed by atoms with E-state index in [9.17, 15) is 4.79 Å². The zero-order valence-electron chi connectivity index (χ0n) is 19.4. The van der Waals surface area contributed by atoms with Crippen LogP contribution >= 0.6 is 0 Å². The molecule has 1 fully saturated rings. The number of nitrogens with zero attached hydrogens (tertiary/aromatic N) is 3. The lowest BCUT2D eigenvalue weighted by Crippen LogP contribution is -2.44. The van der Waals surface area contributed by atoms with Crippen LogP contribution in [0.2, 0.25) is 0 Å². The number of aromatic nitrogens is 2. The van der Waals surface area contributed by atoms with Crippen molar-refractivity contribution in [2.75, 3.05) is 13.1 Å². The third kappa shape index (κ3) is 6.97. The summed E-state index contributed by atoms with van der Waals surface area (Å²) >= 11 is 0. The molecule has 7 heteroatoms. The van der Waals surface area contributed by atoms with Crippen LogP contribution in [0.3, 0.4) is 0 Å². The van der Waals surface area contributed by atoms with E-state index in [1.165, 1.54) is 5.56 Å². The van der Waals surface area contributed by atoms with Gasteiger partial charge in [-0.05, 0) is 43.5 Å². The van der Waals surface area contributed by atoms with Crippen molar-refractivity contribution in [3.63, 3.8) is 0 Å². The van der Waals surface area contributed by atoms with E-state index in [0.717, 1.165) is 30.8 Å². The Hall–Kier alpha value is -3.03. The first-order valence-corrected chi connectivity index (χ1v) is 11.7. The third-order valence-corrected chi connectivity index (χ3v) is 5.70. The predicted octanol–water partition coefficient (Wildman–Crippen LogP) is 3.98. The first-order valence-electron chi connectivity index (χ1n) is 11.7. The van der Waals surface area contributed by atoms with E-state index in [1.54, 1.807) is 0 Å². The molecule has 7 nitrogen and oxygen atoms in total. The van der Waals surface area contributed by atoms with Gasteiger partial charge in [-0.15, -0.1) is 10.2 Å². The van der Waals surface area contributed by atoms with Gasteiger partial charge in [-0.1, -0.05) is 42.5 Å². The highest BCUT2D eigenvalue weighted by molar-refractivity contribution is 5.75. The van der Waals surface area contributed by atoms with Gasteiger partial charge in [0.05, 0.1) is 12.2 Å². The van der Waals surface area contributed by atoms with Crippen LogP contribution < -0.4 is 5.32 Å². The minimum absolute atomic E-state index is 0.0261. The van der Waals surface area contributed by atoms with Crippen LogP contribution in [0.15, 0.2) is 59.0 Å². The number of rotatable bonds is 9. The maximum Gasteiger partial charge on any atom is 0.247 e. The van der Waals surface area contributed by atoms with Gasteiger partial charge in [-0.2, -0.15) is 0 Å². The van der Waals surface area contributed by atoms with Gasteiger partial charge in [0.1, 0.15) is 0 Å². The highest BCUT2D eigenvalue weighted by Crippen LogP contribution is 2.18. The van der Waals surface area contributed by atoms with Gasteiger partial charge in [-0.25, -0.2) is 0 Å². The highest BCUT2D eigenvalue weighted by Gasteiger charge is 2.21. The van der Waals surface area contributed by atoms with Gasteiger partial charge in [0.15, 0.2) is 0 Å². The van der Waals surface area contributed by atoms with Crippen LogP contribution in [0, 0.1) is 0 Å². The molecule has 4 rings (SSSR count). The molecule has 1 aromatic heterocycles. The predicted molar refractivity (Wildman–Crippen MR) is 126 cm³/mol. The van der Waals surface area contributed by atoms with Crippen molar-refractivity contribution in [1.29, 1.82) is 0 Å². The molecule has 1 aliphatic rings. The molecular formula is C26H32N4O3. The molecule has 0 aliphatic carbocycles. The number of morpholine rings is 1. The van der Waals surface area contributed by atoms with E-state index in [2.05, 4.69) is 58.5 Å². The number of hydrogen-bond donors (Lipinski definition) is 1. The van der Waals surface area contributed by atoms with Gasteiger partial charge in [0.2, 0.25) is 17.7 Å². The molecular weight excluding hydrogens is 416 g/mol. The average molecular weight is 449 g/mol. The van der Waals surface area contributed by atoms with Gasteiger partial charge in [-0.3, -0.25) is 9.69 Å². The Bertz CT molecular complexity index is 1010. The molecule has 1 amide bonds. The fourth-order valence-corrected chi connectivity index (χ4v) is 4.18. The number of nitrogens with one attached hydrogen (secondary N) is 1. The standard InChI is InChI=1S/C26H32N4O3/c1-19-16-30(17-20(2)32-19)18-22-13-11-21(12-14-22)15-27-24(31)9-6-10-25-28-29-26(33-25)23-7-4-3-5-8-23/h3-5,7-8,11-14,19-20H,6,9-10,15-18H2,1-2H3,(H,27,31)/t19-,20-/m1/s1. The molecule has 0 spiro atoms. The molecule has 2 atom stereocenters. The summed E-state index contributed by atoms with van der Waals surface area (Å²) in [5, 5.41) is 11.2. The summed E-state index contributed by atoms with van der Waals surface area (Å²) in [7, 11) is 0. The zero-order valence-corrected chi connectivity index (χ0v) is 19.4. The second kappa shape index (κ2) is 11.2. The summed E-state index contributed by atoms with van der Waals surface area (Å²) in [5.74, 6) is 1.09. The van der Waals surface area contributed by atoms with Gasteiger partial charge in [0.25, 0.3) is 0 Å². The molecule has 1 saturated heterocycles. The van der Waals surface area contributed by atoms with Crippen LogP contribution in [0.25, 0.3) is 11.5 Å². The molecule has 174 valence electrons. The number of ether oxygens (including phenoxy) is 1. The van der Waals surface area contributed by atoms with E-state index in [1.807, 2.05) is 30.3 Å². The fourth-order valence-electron chi connectivity index (χ4n) is 4.18. The Labute approximate surface area is 195 Å². The van der Waals surface area contributed by atoms with Gasteiger partial charge >= 0.3 is 0 Å². The Morgan fingerprint density at radius 3 is 2.42 bits per heavy atom. The molecule has 3 aromatic rings. The molecule has 2 heterocycles. The lowest BCUT2D eigenvalue weighted by atomic mass is 10.1. The van der Waals surface area contributed by atoms with E-state index in [0.29, 0.717) is 37.6 Å². The van der Waals surface area contributed by atoms with Crippen molar-refractivity contribution in [3.8, 4) is 11.5 Å². The second-order valence-electron chi connectivity index (χ2n) is 8.77. The SMILES string of the molecule is C[C@@H]1CN(Cc2ccc(CNC(=O)CCCc3nnc(-c4ccccc4)o3)cc2)C[C@@H](C)O1. The van der Waals surface area contributed by atoms with Gasteiger partial charge in [0, 0.05) is 44.6 Å². The summed E-state index contributed by atoms with van der Waals surface area (Å²) in [6.45, 7) is 7.62. The number of hydrogen-bond acceptors (Lipinski definition) is 6. The zero-order chi connectivity index (χ0) is 23.0. The monoisotopic (exact) mass is 448 g/mol. The molecule has 0 unspecified atom stereocenters. The summed E-state index contributed by atoms with van der Waals surface area (Å²) in [6, 6.07) is 18.1. The molecule has 1 aliphatic heterocycles. The van der Waals surface area contributed by atoms with E-state index in [4.69, 9.17) is 9.15 Å². The first kappa shape index (κ1) is 23.1. The molecule has 1 N–H and O–H groups in total. The Balaban J connectivity index is 1.16. The van der Waals surface area contributed by atoms with Crippen LogP contribution in [0.1, 0.15) is 43.7 Å². The van der Waals surface area contributed by atoms with Crippen molar-refractivity contribution in [2.24, 2.45) is 0 Å². The maximum absolute atomic E-state index is 12.2. The lowest BCUT2D eigenvalue weighted by molar-refractivity contribution is -0.121. The van der Waals surface area contributed by atoms with Crippen LogP contribution in [0.5, 0.6) is 0 Å². The highest BCUT2D eigenvalue weighted by atomic mass is 16.5. The molecule has 2 aromatic carbocycles. The van der Waals surface area contributed by atoms with Crippen LogP contribution in [-0.4, -0.2) is 46.3 Å². The first-order chi connectivity index (χ1) is 16.0. The number of benzene rings is 2. The summed E-state index contributed by atoms with van der Waals surface area (Å²) < 4.78 is 11.5. The van der Waals surface area contributed by atoms with E-state index < -0.39 is 0 Å². The van der Waals surface area contributed by atoms with Crippen molar-refractivity contribution in [1.82, 2.24) is 20.4 Å². The Morgan fingerprint density at radius 2 is 1.70 bits per heavy atom. The normalized spacial score (nSPS) is 18.8. The number of carbonyl (C=O) groups excluding carboxylic acids is 1. The van der Waals surface area contributed by atoms with Gasteiger partial charge < -0.3 is 14.5 Å². The lowest BCUT2D eigenvalue weighted by Gasteiger charge is -2.35. The Morgan fingerprint density at radius 1 is 1.00 bits per heavy atom. The van der Waals surface area contributed by atoms with Crippen molar-refractivity contribution in [3.05, 3.63) is 71.6 Å². The van der Waals surface area contributed by atoms with E-state index >= 15 is 0 Å². The number of amides is 1. The number of carbonyl (C=O) groups is 1. The smallest absolute Gasteiger partial charge is 0.247 e. The maximum atomic E-state index is 12.2. The fraction of sp³-hybridized carbons (Fsp3) is 0.423.